The predicted molar refractivity (Wildman–Crippen MR) is 64.1 cm³/mol. The zero-order chi connectivity index (χ0) is 12.0. The Kier molecular flexibility index (Phi) is 5.02. The number of hydrogen-bond acceptors (Lipinski definition) is 2. The van der Waals surface area contributed by atoms with Crippen molar-refractivity contribution in [2.24, 2.45) is 5.92 Å². The molecule has 0 saturated heterocycles. The Labute approximate surface area is 97.1 Å². The van der Waals surface area contributed by atoms with Crippen LogP contribution in [-0.4, -0.2) is 22.0 Å². The number of imidazole rings is 1. The van der Waals surface area contributed by atoms with Gasteiger partial charge in [-0.25, -0.2) is 4.98 Å². The summed E-state index contributed by atoms with van der Waals surface area (Å²) in [4.78, 5) is 15.8. The predicted octanol–water partition coefficient (Wildman–Crippen LogP) is 1.61. The van der Waals surface area contributed by atoms with Gasteiger partial charge >= 0.3 is 0 Å². The van der Waals surface area contributed by atoms with Crippen LogP contribution in [0.15, 0.2) is 12.4 Å². The van der Waals surface area contributed by atoms with Gasteiger partial charge < -0.3 is 9.88 Å². The molecule has 1 heterocycles. The summed E-state index contributed by atoms with van der Waals surface area (Å²) < 4.78 is 1.89. The van der Waals surface area contributed by atoms with Gasteiger partial charge in [0.1, 0.15) is 12.4 Å². The van der Waals surface area contributed by atoms with Crippen molar-refractivity contribution in [2.45, 2.75) is 40.2 Å². The zero-order valence-corrected chi connectivity index (χ0v) is 10.4. The minimum atomic E-state index is 0.0633. The van der Waals surface area contributed by atoms with Crippen LogP contribution in [-0.2, 0) is 17.8 Å². The lowest BCUT2D eigenvalue weighted by Gasteiger charge is -2.09. The van der Waals surface area contributed by atoms with E-state index in [1.807, 2.05) is 17.7 Å². The maximum atomic E-state index is 11.6. The first-order valence-corrected chi connectivity index (χ1v) is 5.90. The fourth-order valence-electron chi connectivity index (χ4n) is 1.51. The smallest absolute Gasteiger partial charge is 0.239 e. The lowest BCUT2D eigenvalue weighted by atomic mass is 10.1. The standard InChI is InChI=1S/C12H21N3O/c1-4-11-13-7-8-15(11)9-12(16)14-6-5-10(2)3/h7-8,10H,4-6,9H2,1-3H3,(H,14,16). The van der Waals surface area contributed by atoms with E-state index in [0.717, 1.165) is 25.2 Å². The van der Waals surface area contributed by atoms with Crippen molar-refractivity contribution >= 4 is 5.91 Å². The Morgan fingerprint density at radius 3 is 2.94 bits per heavy atom. The molecular formula is C12H21N3O. The van der Waals surface area contributed by atoms with E-state index in [-0.39, 0.29) is 5.91 Å². The second-order valence-corrected chi connectivity index (χ2v) is 4.36. The van der Waals surface area contributed by atoms with Crippen LogP contribution < -0.4 is 5.32 Å². The molecule has 0 unspecified atom stereocenters. The first kappa shape index (κ1) is 12.7. The number of aryl methyl sites for hydroxylation is 1. The van der Waals surface area contributed by atoms with Crippen LogP contribution in [0.5, 0.6) is 0 Å². The number of aromatic nitrogens is 2. The topological polar surface area (TPSA) is 46.9 Å². The Hall–Kier alpha value is -1.32. The minimum Gasteiger partial charge on any atom is -0.355 e. The molecule has 1 aromatic heterocycles. The number of amides is 1. The molecule has 0 aliphatic heterocycles. The maximum absolute atomic E-state index is 11.6. The summed E-state index contributed by atoms with van der Waals surface area (Å²) in [6.45, 7) is 7.47. The number of rotatable bonds is 6. The molecule has 1 N–H and O–H groups in total. The highest BCUT2D eigenvalue weighted by atomic mass is 16.1. The molecule has 0 aliphatic rings. The Morgan fingerprint density at radius 2 is 2.31 bits per heavy atom. The van der Waals surface area contributed by atoms with E-state index in [2.05, 4.69) is 24.1 Å². The molecule has 0 atom stereocenters. The zero-order valence-electron chi connectivity index (χ0n) is 10.4. The van der Waals surface area contributed by atoms with Crippen molar-refractivity contribution in [3.63, 3.8) is 0 Å². The summed E-state index contributed by atoms with van der Waals surface area (Å²) in [5, 5.41) is 2.92. The molecule has 4 nitrogen and oxygen atoms in total. The highest BCUT2D eigenvalue weighted by Crippen LogP contribution is 1.99. The van der Waals surface area contributed by atoms with Gasteiger partial charge in [-0.3, -0.25) is 4.79 Å². The highest BCUT2D eigenvalue weighted by Gasteiger charge is 2.05. The maximum Gasteiger partial charge on any atom is 0.239 e. The first-order chi connectivity index (χ1) is 7.63. The van der Waals surface area contributed by atoms with E-state index in [0.29, 0.717) is 12.5 Å². The van der Waals surface area contributed by atoms with E-state index < -0.39 is 0 Å². The molecule has 0 radical (unpaired) electrons. The van der Waals surface area contributed by atoms with Crippen LogP contribution >= 0.6 is 0 Å². The van der Waals surface area contributed by atoms with E-state index >= 15 is 0 Å². The second-order valence-electron chi connectivity index (χ2n) is 4.36. The Bertz CT molecular complexity index is 331. The van der Waals surface area contributed by atoms with Crippen LogP contribution in [0.1, 0.15) is 33.0 Å². The van der Waals surface area contributed by atoms with Gasteiger partial charge in [0.25, 0.3) is 0 Å². The Balaban J connectivity index is 2.34. The van der Waals surface area contributed by atoms with Gasteiger partial charge in [-0.2, -0.15) is 0 Å². The Morgan fingerprint density at radius 1 is 1.56 bits per heavy atom. The van der Waals surface area contributed by atoms with Crippen molar-refractivity contribution in [1.82, 2.24) is 14.9 Å². The highest BCUT2D eigenvalue weighted by molar-refractivity contribution is 5.75. The molecule has 0 spiro atoms. The molecule has 0 aromatic carbocycles. The quantitative estimate of drug-likeness (QED) is 0.796. The normalized spacial score (nSPS) is 10.8. The summed E-state index contributed by atoms with van der Waals surface area (Å²) in [6.07, 6.45) is 5.46. The van der Waals surface area contributed by atoms with Crippen molar-refractivity contribution in [2.75, 3.05) is 6.54 Å². The first-order valence-electron chi connectivity index (χ1n) is 5.90. The molecule has 16 heavy (non-hydrogen) atoms. The van der Waals surface area contributed by atoms with Crippen LogP contribution in [0.2, 0.25) is 0 Å². The van der Waals surface area contributed by atoms with E-state index in [9.17, 15) is 4.79 Å². The molecule has 0 fully saturated rings. The molecule has 0 saturated carbocycles. The monoisotopic (exact) mass is 223 g/mol. The molecular weight excluding hydrogens is 202 g/mol. The van der Waals surface area contributed by atoms with Gasteiger partial charge in [-0.05, 0) is 12.3 Å². The van der Waals surface area contributed by atoms with Gasteiger partial charge in [0.05, 0.1) is 0 Å². The summed E-state index contributed by atoms with van der Waals surface area (Å²) in [5.74, 6) is 1.65. The average molecular weight is 223 g/mol. The third kappa shape index (κ3) is 4.04. The summed E-state index contributed by atoms with van der Waals surface area (Å²) in [5.41, 5.74) is 0. The van der Waals surface area contributed by atoms with Crippen molar-refractivity contribution in [3.05, 3.63) is 18.2 Å². The fraction of sp³-hybridized carbons (Fsp3) is 0.667. The van der Waals surface area contributed by atoms with Gasteiger partial charge in [0.15, 0.2) is 0 Å². The SMILES string of the molecule is CCc1nccn1CC(=O)NCCC(C)C. The van der Waals surface area contributed by atoms with E-state index in [1.54, 1.807) is 6.20 Å². The van der Waals surface area contributed by atoms with Gasteiger partial charge in [0.2, 0.25) is 5.91 Å². The van der Waals surface area contributed by atoms with Gasteiger partial charge in [-0.1, -0.05) is 20.8 Å². The summed E-state index contributed by atoms with van der Waals surface area (Å²) >= 11 is 0. The van der Waals surface area contributed by atoms with Gasteiger partial charge in [-0.15, -0.1) is 0 Å². The third-order valence-electron chi connectivity index (χ3n) is 2.48. The molecule has 0 aliphatic carbocycles. The number of nitrogens with one attached hydrogen (secondary N) is 1. The number of nitrogens with zero attached hydrogens (tertiary/aromatic N) is 2. The van der Waals surface area contributed by atoms with Crippen molar-refractivity contribution in [3.8, 4) is 0 Å². The van der Waals surface area contributed by atoms with Crippen LogP contribution in [0, 0.1) is 5.92 Å². The van der Waals surface area contributed by atoms with Gasteiger partial charge in [0, 0.05) is 25.4 Å². The molecule has 4 heteroatoms. The number of hydrogen-bond donors (Lipinski definition) is 1. The summed E-state index contributed by atoms with van der Waals surface area (Å²) in [7, 11) is 0. The summed E-state index contributed by atoms with van der Waals surface area (Å²) in [6, 6.07) is 0. The van der Waals surface area contributed by atoms with Crippen LogP contribution in [0.3, 0.4) is 0 Å². The van der Waals surface area contributed by atoms with E-state index in [1.165, 1.54) is 0 Å². The van der Waals surface area contributed by atoms with E-state index in [4.69, 9.17) is 0 Å². The third-order valence-corrected chi connectivity index (χ3v) is 2.48. The average Bonchev–Trinajstić information content (AvgIpc) is 2.64. The lowest BCUT2D eigenvalue weighted by Crippen LogP contribution is -2.29. The van der Waals surface area contributed by atoms with Crippen molar-refractivity contribution < 1.29 is 4.79 Å². The molecule has 1 rings (SSSR count). The second kappa shape index (κ2) is 6.30. The fourth-order valence-corrected chi connectivity index (χ4v) is 1.51. The number of carbonyl (C=O) groups is 1. The molecule has 0 bridgehead atoms. The molecule has 1 aromatic rings. The van der Waals surface area contributed by atoms with Crippen LogP contribution in [0.4, 0.5) is 0 Å². The molecule has 90 valence electrons. The van der Waals surface area contributed by atoms with Crippen molar-refractivity contribution in [1.29, 1.82) is 0 Å². The largest absolute Gasteiger partial charge is 0.355 e. The number of carbonyl (C=O) groups excluding carboxylic acids is 1. The van der Waals surface area contributed by atoms with Crippen LogP contribution in [0.25, 0.3) is 0 Å². The lowest BCUT2D eigenvalue weighted by molar-refractivity contribution is -0.121. The minimum absolute atomic E-state index is 0.0633. The molecule has 1 amide bonds.